The van der Waals surface area contributed by atoms with Crippen LogP contribution in [0.15, 0.2) is 52.5 Å². The third-order valence-electron chi connectivity index (χ3n) is 3.98. The molecule has 8 nitrogen and oxygen atoms in total. The molecule has 2 aromatic rings. The summed E-state index contributed by atoms with van der Waals surface area (Å²) < 4.78 is 17.0. The number of rotatable bonds is 13. The number of amidine groups is 1. The average molecular weight is 436 g/mol. The molecule has 0 unspecified atom stereocenters. The first-order valence-electron chi connectivity index (χ1n) is 9.42. The van der Waals surface area contributed by atoms with Crippen LogP contribution in [0.25, 0.3) is 0 Å². The van der Waals surface area contributed by atoms with Crippen LogP contribution in [-0.4, -0.2) is 38.5 Å². The fraction of sp³-hybridized carbons (Fsp3) is 0.381. The molecule has 0 bridgehead atoms. The van der Waals surface area contributed by atoms with Crippen LogP contribution in [0.4, 0.5) is 5.69 Å². The highest BCUT2D eigenvalue weighted by molar-refractivity contribution is 7.99. The Hall–Kier alpha value is -2.46. The Bertz CT molecular complexity index is 802. The fourth-order valence-electron chi connectivity index (χ4n) is 2.71. The molecule has 0 atom stereocenters. The SMILES string of the molecule is C=C/N=C(/Cc1ccc(C)o1)N(CSCONOCC)c1c(OC)cccc1OC. The number of anilines is 1. The molecule has 9 heteroatoms. The predicted molar refractivity (Wildman–Crippen MR) is 120 cm³/mol. The molecule has 0 aliphatic carbocycles. The van der Waals surface area contributed by atoms with Gasteiger partial charge in [0.2, 0.25) is 0 Å². The summed E-state index contributed by atoms with van der Waals surface area (Å²) in [4.78, 5) is 16.8. The highest BCUT2D eigenvalue weighted by Gasteiger charge is 2.23. The van der Waals surface area contributed by atoms with Crippen molar-refractivity contribution in [2.45, 2.75) is 20.3 Å². The number of benzene rings is 1. The standard InChI is InChI=1S/C21H29N3O5S/c1-6-22-20(13-17-12-11-16(3)29-17)24(14-30-15-28-23-27-7-2)21-18(25-4)9-8-10-19(21)26-5/h6,8-12,23H,1,7,13-15H2,2-5H3/b22-20-. The molecule has 1 aromatic carbocycles. The molecule has 1 aromatic heterocycles. The van der Waals surface area contributed by atoms with Gasteiger partial charge >= 0.3 is 0 Å². The van der Waals surface area contributed by atoms with E-state index in [0.717, 1.165) is 23.0 Å². The molecule has 0 aliphatic heterocycles. The number of aryl methyl sites for hydroxylation is 1. The summed E-state index contributed by atoms with van der Waals surface area (Å²) >= 11 is 1.52. The molecule has 0 saturated carbocycles. The van der Waals surface area contributed by atoms with Gasteiger partial charge in [-0.2, -0.15) is 0 Å². The molecule has 30 heavy (non-hydrogen) atoms. The van der Waals surface area contributed by atoms with E-state index in [-0.39, 0.29) is 0 Å². The molecule has 1 heterocycles. The van der Waals surface area contributed by atoms with E-state index in [1.165, 1.54) is 18.0 Å². The van der Waals surface area contributed by atoms with E-state index in [1.54, 1.807) is 14.2 Å². The van der Waals surface area contributed by atoms with Crippen molar-refractivity contribution in [2.24, 2.45) is 4.99 Å². The number of aliphatic imine (C=N–C) groups is 1. The molecular formula is C21H29N3O5S. The van der Waals surface area contributed by atoms with E-state index in [1.807, 2.05) is 49.1 Å². The number of nitrogens with zero attached hydrogens (tertiary/aromatic N) is 2. The van der Waals surface area contributed by atoms with Crippen LogP contribution >= 0.6 is 11.8 Å². The molecule has 0 radical (unpaired) electrons. The molecule has 0 aliphatic rings. The van der Waals surface area contributed by atoms with Gasteiger partial charge in [0.1, 0.15) is 40.5 Å². The summed E-state index contributed by atoms with van der Waals surface area (Å²) in [7, 11) is 3.25. The third-order valence-corrected chi connectivity index (χ3v) is 4.70. The quantitative estimate of drug-likeness (QED) is 0.164. The van der Waals surface area contributed by atoms with Gasteiger partial charge in [-0.05, 0) is 38.1 Å². The number of nitrogens with one attached hydrogen (secondary N) is 1. The Morgan fingerprint density at radius 1 is 1.20 bits per heavy atom. The first-order chi connectivity index (χ1) is 14.6. The number of furan rings is 1. The summed E-state index contributed by atoms with van der Waals surface area (Å²) in [6, 6.07) is 9.50. The molecule has 0 spiro atoms. The van der Waals surface area contributed by atoms with Gasteiger partial charge in [0.05, 0.1) is 33.1 Å². The minimum absolute atomic E-state index is 0.356. The Balaban J connectivity index is 2.34. The summed E-state index contributed by atoms with van der Waals surface area (Å²) in [5, 5.41) is 0. The first-order valence-corrected chi connectivity index (χ1v) is 10.6. The van der Waals surface area contributed by atoms with Crippen LogP contribution in [0.5, 0.6) is 11.5 Å². The maximum atomic E-state index is 5.77. The summed E-state index contributed by atoms with van der Waals surface area (Å²) in [6.07, 6.45) is 1.98. The van der Waals surface area contributed by atoms with Gasteiger partial charge in [0.25, 0.3) is 0 Å². The Morgan fingerprint density at radius 3 is 2.50 bits per heavy atom. The normalized spacial score (nSPS) is 11.4. The first kappa shape index (κ1) is 23.8. The molecule has 2 rings (SSSR count). The monoisotopic (exact) mass is 435 g/mol. The zero-order valence-electron chi connectivity index (χ0n) is 17.8. The van der Waals surface area contributed by atoms with Gasteiger partial charge < -0.3 is 18.8 Å². The van der Waals surface area contributed by atoms with Crippen molar-refractivity contribution in [2.75, 3.05) is 37.5 Å². The van der Waals surface area contributed by atoms with Crippen LogP contribution in [0.2, 0.25) is 0 Å². The van der Waals surface area contributed by atoms with E-state index in [0.29, 0.717) is 36.3 Å². The van der Waals surface area contributed by atoms with Gasteiger partial charge in [-0.15, -0.1) is 11.8 Å². The van der Waals surface area contributed by atoms with E-state index < -0.39 is 0 Å². The third kappa shape index (κ3) is 6.81. The topological polar surface area (TPSA) is 77.7 Å². The van der Waals surface area contributed by atoms with Crippen molar-refractivity contribution < 1.29 is 23.6 Å². The number of ether oxygens (including phenoxy) is 2. The van der Waals surface area contributed by atoms with E-state index in [2.05, 4.69) is 17.2 Å². The lowest BCUT2D eigenvalue weighted by atomic mass is 10.2. The molecular weight excluding hydrogens is 406 g/mol. The summed E-state index contributed by atoms with van der Waals surface area (Å²) in [5.74, 6) is 4.56. The minimum atomic E-state index is 0.356. The van der Waals surface area contributed by atoms with Gasteiger partial charge in [-0.3, -0.25) is 9.68 Å². The van der Waals surface area contributed by atoms with E-state index >= 15 is 0 Å². The van der Waals surface area contributed by atoms with Crippen molar-refractivity contribution in [3.8, 4) is 11.5 Å². The predicted octanol–water partition coefficient (Wildman–Crippen LogP) is 4.32. The van der Waals surface area contributed by atoms with Gasteiger partial charge in [0, 0.05) is 6.20 Å². The van der Waals surface area contributed by atoms with Crippen LogP contribution in [0.3, 0.4) is 0 Å². The van der Waals surface area contributed by atoms with Crippen molar-refractivity contribution in [3.05, 3.63) is 54.6 Å². The Labute approximate surface area is 181 Å². The van der Waals surface area contributed by atoms with Crippen LogP contribution in [-0.2, 0) is 16.1 Å². The Morgan fingerprint density at radius 2 is 1.93 bits per heavy atom. The van der Waals surface area contributed by atoms with E-state index in [4.69, 9.17) is 23.6 Å². The molecule has 1 N–H and O–H groups in total. The van der Waals surface area contributed by atoms with Gasteiger partial charge in [0.15, 0.2) is 0 Å². The number of para-hydroxylation sites is 1. The zero-order valence-corrected chi connectivity index (χ0v) is 18.7. The summed E-state index contributed by atoms with van der Waals surface area (Å²) in [6.45, 7) is 8.06. The average Bonchev–Trinajstić information content (AvgIpc) is 3.17. The number of methoxy groups -OCH3 is 2. The molecule has 0 amide bonds. The second-order valence-electron chi connectivity index (χ2n) is 5.97. The minimum Gasteiger partial charge on any atom is -0.494 e. The van der Waals surface area contributed by atoms with Crippen molar-refractivity contribution in [3.63, 3.8) is 0 Å². The van der Waals surface area contributed by atoms with Crippen molar-refractivity contribution >= 4 is 23.3 Å². The van der Waals surface area contributed by atoms with E-state index in [9.17, 15) is 0 Å². The fourth-order valence-corrected chi connectivity index (χ4v) is 3.38. The number of hydrogen-bond acceptors (Lipinski definition) is 8. The summed E-state index contributed by atoms with van der Waals surface area (Å²) in [5.41, 5.74) is 3.20. The Kier molecular flexibility index (Phi) is 10.3. The van der Waals surface area contributed by atoms with Crippen LogP contribution in [0.1, 0.15) is 18.4 Å². The molecule has 0 saturated heterocycles. The smallest absolute Gasteiger partial charge is 0.146 e. The zero-order chi connectivity index (χ0) is 21.8. The lowest BCUT2D eigenvalue weighted by molar-refractivity contribution is -0.152. The molecule has 164 valence electrons. The largest absolute Gasteiger partial charge is 0.494 e. The number of hydrogen-bond donors (Lipinski definition) is 1. The van der Waals surface area contributed by atoms with Crippen molar-refractivity contribution in [1.82, 2.24) is 5.64 Å². The maximum Gasteiger partial charge on any atom is 0.146 e. The van der Waals surface area contributed by atoms with Crippen molar-refractivity contribution in [1.29, 1.82) is 0 Å². The van der Waals surface area contributed by atoms with Crippen LogP contribution < -0.4 is 20.0 Å². The van der Waals surface area contributed by atoms with Gasteiger partial charge in [-0.25, -0.2) is 4.99 Å². The highest BCUT2D eigenvalue weighted by Crippen LogP contribution is 2.39. The lowest BCUT2D eigenvalue weighted by Crippen LogP contribution is -2.33. The second kappa shape index (κ2) is 13.0. The lowest BCUT2D eigenvalue weighted by Gasteiger charge is -2.28. The van der Waals surface area contributed by atoms with Gasteiger partial charge in [-0.1, -0.05) is 18.3 Å². The second-order valence-corrected chi connectivity index (χ2v) is 6.87. The highest BCUT2D eigenvalue weighted by atomic mass is 32.2. The van der Waals surface area contributed by atoms with Crippen LogP contribution in [0, 0.1) is 6.92 Å². The number of thioether (sulfide) groups is 1. The molecule has 0 fully saturated rings. The maximum absolute atomic E-state index is 5.77.